The number of amides is 1. The van der Waals surface area contributed by atoms with E-state index in [0.29, 0.717) is 19.1 Å². The SMILES string of the molecule is COc1ccc(OCCNc2ncc(C(=O)Nc3ccccc3F)cn2)cc1. The lowest BCUT2D eigenvalue weighted by Crippen LogP contribution is -2.16. The normalized spacial score (nSPS) is 10.2. The Morgan fingerprint density at radius 1 is 1.04 bits per heavy atom. The topological polar surface area (TPSA) is 85.4 Å². The van der Waals surface area contributed by atoms with Gasteiger partial charge in [-0.25, -0.2) is 14.4 Å². The maximum absolute atomic E-state index is 13.6. The molecule has 8 heteroatoms. The molecule has 3 rings (SSSR count). The Morgan fingerprint density at radius 3 is 2.39 bits per heavy atom. The first-order valence-electron chi connectivity index (χ1n) is 8.54. The Hall–Kier alpha value is -3.68. The fourth-order valence-electron chi connectivity index (χ4n) is 2.30. The van der Waals surface area contributed by atoms with Crippen molar-refractivity contribution in [3.05, 3.63) is 72.3 Å². The zero-order valence-electron chi connectivity index (χ0n) is 15.2. The molecule has 0 aliphatic carbocycles. The van der Waals surface area contributed by atoms with Crippen molar-refractivity contribution in [2.24, 2.45) is 0 Å². The molecule has 0 bridgehead atoms. The highest BCUT2D eigenvalue weighted by atomic mass is 19.1. The summed E-state index contributed by atoms with van der Waals surface area (Å²) in [5.74, 6) is 0.855. The standard InChI is InChI=1S/C20H19FN4O3/c1-27-15-6-8-16(9-7-15)28-11-10-22-20-23-12-14(13-24-20)19(26)25-18-5-3-2-4-17(18)21/h2-9,12-13H,10-11H2,1H3,(H,25,26)(H,22,23,24). The number of hydrogen-bond acceptors (Lipinski definition) is 6. The molecule has 1 amide bonds. The van der Waals surface area contributed by atoms with Crippen LogP contribution < -0.4 is 20.1 Å². The summed E-state index contributed by atoms with van der Waals surface area (Å²) in [6, 6.07) is 13.2. The van der Waals surface area contributed by atoms with Crippen molar-refractivity contribution in [1.82, 2.24) is 9.97 Å². The number of anilines is 2. The summed E-state index contributed by atoms with van der Waals surface area (Å²) >= 11 is 0. The minimum atomic E-state index is -0.507. The van der Waals surface area contributed by atoms with E-state index in [0.717, 1.165) is 11.5 Å². The molecule has 1 heterocycles. The minimum Gasteiger partial charge on any atom is -0.497 e. The van der Waals surface area contributed by atoms with Crippen molar-refractivity contribution in [3.8, 4) is 11.5 Å². The summed E-state index contributed by atoms with van der Waals surface area (Å²) in [4.78, 5) is 20.3. The van der Waals surface area contributed by atoms with Gasteiger partial charge in [0.1, 0.15) is 23.9 Å². The van der Waals surface area contributed by atoms with Crippen molar-refractivity contribution < 1.29 is 18.7 Å². The third-order valence-electron chi connectivity index (χ3n) is 3.75. The van der Waals surface area contributed by atoms with E-state index >= 15 is 0 Å². The van der Waals surface area contributed by atoms with Crippen LogP contribution in [0.2, 0.25) is 0 Å². The van der Waals surface area contributed by atoms with E-state index in [4.69, 9.17) is 9.47 Å². The van der Waals surface area contributed by atoms with Gasteiger partial charge in [0.25, 0.3) is 5.91 Å². The van der Waals surface area contributed by atoms with Gasteiger partial charge in [0.15, 0.2) is 0 Å². The summed E-state index contributed by atoms with van der Waals surface area (Å²) in [6.07, 6.45) is 2.74. The van der Waals surface area contributed by atoms with Crippen LogP contribution in [-0.4, -0.2) is 36.1 Å². The maximum atomic E-state index is 13.6. The number of carbonyl (C=O) groups excluding carboxylic acids is 1. The fourth-order valence-corrected chi connectivity index (χ4v) is 2.30. The highest BCUT2D eigenvalue weighted by molar-refractivity contribution is 6.03. The van der Waals surface area contributed by atoms with Crippen molar-refractivity contribution in [1.29, 1.82) is 0 Å². The lowest BCUT2D eigenvalue weighted by atomic mass is 10.2. The number of benzene rings is 2. The highest BCUT2D eigenvalue weighted by Crippen LogP contribution is 2.17. The second-order valence-corrected chi connectivity index (χ2v) is 5.68. The summed E-state index contributed by atoms with van der Waals surface area (Å²) in [7, 11) is 1.61. The summed E-state index contributed by atoms with van der Waals surface area (Å²) < 4.78 is 24.3. The van der Waals surface area contributed by atoms with Gasteiger partial charge in [0.05, 0.1) is 24.9 Å². The van der Waals surface area contributed by atoms with E-state index < -0.39 is 11.7 Å². The second kappa shape index (κ2) is 9.31. The number of ether oxygens (including phenoxy) is 2. The predicted octanol–water partition coefficient (Wildman–Crippen LogP) is 3.37. The maximum Gasteiger partial charge on any atom is 0.258 e. The van der Waals surface area contributed by atoms with Gasteiger partial charge >= 0.3 is 0 Å². The molecule has 1 aromatic heterocycles. The van der Waals surface area contributed by atoms with Crippen molar-refractivity contribution >= 4 is 17.5 Å². The monoisotopic (exact) mass is 382 g/mol. The Morgan fingerprint density at radius 2 is 1.71 bits per heavy atom. The lowest BCUT2D eigenvalue weighted by Gasteiger charge is -2.09. The highest BCUT2D eigenvalue weighted by Gasteiger charge is 2.10. The number of para-hydroxylation sites is 1. The number of aromatic nitrogens is 2. The number of carbonyl (C=O) groups is 1. The molecule has 0 fully saturated rings. The van der Waals surface area contributed by atoms with Crippen LogP contribution in [0.3, 0.4) is 0 Å². The molecule has 144 valence electrons. The molecular formula is C20H19FN4O3. The van der Waals surface area contributed by atoms with Crippen LogP contribution in [0.25, 0.3) is 0 Å². The average Bonchev–Trinajstić information content (AvgIpc) is 2.73. The van der Waals surface area contributed by atoms with E-state index in [-0.39, 0.29) is 11.3 Å². The van der Waals surface area contributed by atoms with Crippen LogP contribution >= 0.6 is 0 Å². The Bertz CT molecular complexity index is 917. The predicted molar refractivity (Wildman–Crippen MR) is 103 cm³/mol. The van der Waals surface area contributed by atoms with Gasteiger partial charge in [-0.15, -0.1) is 0 Å². The molecular weight excluding hydrogens is 363 g/mol. The molecule has 0 aliphatic rings. The van der Waals surface area contributed by atoms with Crippen LogP contribution in [0.15, 0.2) is 60.9 Å². The van der Waals surface area contributed by atoms with Crippen molar-refractivity contribution in [2.45, 2.75) is 0 Å². The molecule has 3 aromatic rings. The van der Waals surface area contributed by atoms with Gasteiger partial charge in [-0.3, -0.25) is 4.79 Å². The smallest absolute Gasteiger partial charge is 0.258 e. The summed E-state index contributed by atoms with van der Waals surface area (Å²) in [5, 5.41) is 5.48. The first-order valence-corrected chi connectivity index (χ1v) is 8.54. The fraction of sp³-hybridized carbons (Fsp3) is 0.150. The number of halogens is 1. The van der Waals surface area contributed by atoms with Gasteiger partial charge < -0.3 is 20.1 Å². The van der Waals surface area contributed by atoms with E-state index in [9.17, 15) is 9.18 Å². The van der Waals surface area contributed by atoms with E-state index in [1.807, 2.05) is 24.3 Å². The van der Waals surface area contributed by atoms with E-state index in [1.54, 1.807) is 19.2 Å². The average molecular weight is 382 g/mol. The van der Waals surface area contributed by atoms with E-state index in [2.05, 4.69) is 20.6 Å². The van der Waals surface area contributed by atoms with Crippen LogP contribution in [0, 0.1) is 5.82 Å². The lowest BCUT2D eigenvalue weighted by molar-refractivity contribution is 0.102. The Balaban J connectivity index is 1.46. The minimum absolute atomic E-state index is 0.102. The zero-order chi connectivity index (χ0) is 19.8. The number of hydrogen-bond donors (Lipinski definition) is 2. The van der Waals surface area contributed by atoms with Crippen molar-refractivity contribution in [2.75, 3.05) is 30.9 Å². The Labute approximate surface area is 161 Å². The number of rotatable bonds is 8. The molecule has 0 saturated heterocycles. The third-order valence-corrected chi connectivity index (χ3v) is 3.75. The Kier molecular flexibility index (Phi) is 6.35. The first kappa shape index (κ1) is 19.1. The van der Waals surface area contributed by atoms with Crippen LogP contribution in [0.1, 0.15) is 10.4 Å². The van der Waals surface area contributed by atoms with Gasteiger partial charge in [0.2, 0.25) is 5.95 Å². The van der Waals surface area contributed by atoms with Crippen LogP contribution in [0.4, 0.5) is 16.0 Å². The quantitative estimate of drug-likeness (QED) is 0.581. The third kappa shape index (κ3) is 5.16. The van der Waals surface area contributed by atoms with Gasteiger partial charge in [-0.2, -0.15) is 0 Å². The summed E-state index contributed by atoms with van der Waals surface area (Å²) in [6.45, 7) is 0.887. The molecule has 7 nitrogen and oxygen atoms in total. The largest absolute Gasteiger partial charge is 0.497 e. The van der Waals surface area contributed by atoms with Gasteiger partial charge in [0, 0.05) is 12.4 Å². The van der Waals surface area contributed by atoms with Crippen LogP contribution in [-0.2, 0) is 0 Å². The molecule has 2 N–H and O–H groups in total. The number of methoxy groups -OCH3 is 1. The molecule has 0 atom stereocenters. The zero-order valence-corrected chi connectivity index (χ0v) is 15.2. The second-order valence-electron chi connectivity index (χ2n) is 5.68. The molecule has 0 radical (unpaired) electrons. The van der Waals surface area contributed by atoms with Gasteiger partial charge in [-0.1, -0.05) is 12.1 Å². The molecule has 0 aliphatic heterocycles. The van der Waals surface area contributed by atoms with Gasteiger partial charge in [-0.05, 0) is 36.4 Å². The summed E-state index contributed by atoms with van der Waals surface area (Å²) in [5.41, 5.74) is 0.327. The molecule has 0 spiro atoms. The van der Waals surface area contributed by atoms with E-state index in [1.165, 1.54) is 24.5 Å². The molecule has 0 saturated carbocycles. The van der Waals surface area contributed by atoms with Crippen LogP contribution in [0.5, 0.6) is 11.5 Å². The molecule has 2 aromatic carbocycles. The first-order chi connectivity index (χ1) is 13.7. The van der Waals surface area contributed by atoms with Crippen molar-refractivity contribution in [3.63, 3.8) is 0 Å². The molecule has 0 unspecified atom stereocenters. The number of nitrogens with zero attached hydrogens (tertiary/aromatic N) is 2. The number of nitrogens with one attached hydrogen (secondary N) is 2. The molecule has 28 heavy (non-hydrogen) atoms.